The number of aromatic nitrogens is 2. The van der Waals surface area contributed by atoms with E-state index in [2.05, 4.69) is 48.9 Å². The Morgan fingerprint density at radius 3 is 2.35 bits per heavy atom. The van der Waals surface area contributed by atoms with Gasteiger partial charge in [0.25, 0.3) is 0 Å². The second-order valence-corrected chi connectivity index (χ2v) is 12.8. The molecule has 16 heteroatoms. The van der Waals surface area contributed by atoms with E-state index in [4.69, 9.17) is 9.47 Å². The van der Waals surface area contributed by atoms with Crippen LogP contribution in [0.25, 0.3) is 0 Å². The minimum Gasteiger partial charge on any atom is -0.497 e. The maximum atomic E-state index is 13.5. The van der Waals surface area contributed by atoms with Crippen LogP contribution in [0.1, 0.15) is 18.4 Å². The quantitative estimate of drug-likeness (QED) is 0.272. The molecule has 3 amide bonds. The van der Waals surface area contributed by atoms with E-state index >= 15 is 0 Å². The van der Waals surface area contributed by atoms with Crippen molar-refractivity contribution in [2.24, 2.45) is 0 Å². The topological polar surface area (TPSA) is 119 Å². The molecule has 13 nitrogen and oxygen atoms in total. The molecular formula is C35H42F3N9O4. The summed E-state index contributed by atoms with van der Waals surface area (Å²) < 4.78 is 51.4. The second-order valence-electron chi connectivity index (χ2n) is 12.8. The number of urea groups is 1. The molecule has 272 valence electrons. The number of methoxy groups -OCH3 is 2. The van der Waals surface area contributed by atoms with E-state index in [9.17, 15) is 22.8 Å². The summed E-state index contributed by atoms with van der Waals surface area (Å²) in [6.07, 6.45) is 0.269. The second kappa shape index (κ2) is 15.0. The number of benzene rings is 2. The van der Waals surface area contributed by atoms with Crippen LogP contribution in [0.5, 0.6) is 11.5 Å². The van der Waals surface area contributed by atoms with Crippen LogP contribution in [0.3, 0.4) is 0 Å². The lowest BCUT2D eigenvalue weighted by Crippen LogP contribution is -2.53. The molecule has 2 saturated heterocycles. The van der Waals surface area contributed by atoms with Crippen molar-refractivity contribution in [1.29, 1.82) is 0 Å². The number of hydrogen-bond acceptors (Lipinski definition) is 10. The van der Waals surface area contributed by atoms with Crippen molar-refractivity contribution in [1.82, 2.24) is 24.7 Å². The smallest absolute Gasteiger partial charge is 0.406 e. The van der Waals surface area contributed by atoms with E-state index in [1.54, 1.807) is 30.3 Å². The molecule has 0 radical (unpaired) electrons. The molecule has 3 aromatic rings. The highest BCUT2D eigenvalue weighted by atomic mass is 19.4. The Labute approximate surface area is 294 Å². The number of rotatable bonds is 10. The Kier molecular flexibility index (Phi) is 10.5. The normalized spacial score (nSPS) is 17.6. The van der Waals surface area contributed by atoms with Gasteiger partial charge in [0.2, 0.25) is 11.9 Å². The van der Waals surface area contributed by atoms with Crippen LogP contribution in [-0.2, 0) is 11.3 Å². The van der Waals surface area contributed by atoms with E-state index in [-0.39, 0.29) is 24.2 Å². The number of hydrogen-bond donors (Lipinski definition) is 2. The van der Waals surface area contributed by atoms with Crippen molar-refractivity contribution in [3.8, 4) is 11.5 Å². The molecule has 0 spiro atoms. The summed E-state index contributed by atoms with van der Waals surface area (Å²) in [4.78, 5) is 44.1. The number of nitrogens with one attached hydrogen (secondary N) is 2. The van der Waals surface area contributed by atoms with Gasteiger partial charge in [-0.05, 0) is 69.4 Å². The minimum absolute atomic E-state index is 0.0584. The van der Waals surface area contributed by atoms with Crippen molar-refractivity contribution in [2.75, 3.05) is 87.5 Å². The molecule has 3 aliphatic heterocycles. The van der Waals surface area contributed by atoms with Crippen LogP contribution in [0.15, 0.2) is 55.3 Å². The largest absolute Gasteiger partial charge is 0.497 e. The summed E-state index contributed by atoms with van der Waals surface area (Å²) in [6, 6.07) is 9.57. The number of nitrogens with zero attached hydrogens (tertiary/aromatic N) is 7. The van der Waals surface area contributed by atoms with Crippen molar-refractivity contribution < 1.29 is 32.2 Å². The zero-order chi connectivity index (χ0) is 36.3. The van der Waals surface area contributed by atoms with E-state index in [1.807, 2.05) is 6.07 Å². The van der Waals surface area contributed by atoms with Crippen LogP contribution >= 0.6 is 0 Å². The van der Waals surface area contributed by atoms with Gasteiger partial charge >= 0.3 is 12.2 Å². The maximum Gasteiger partial charge on any atom is 0.406 e. The summed E-state index contributed by atoms with van der Waals surface area (Å²) in [6.45, 7) is 7.31. The first-order chi connectivity index (χ1) is 24.5. The summed E-state index contributed by atoms with van der Waals surface area (Å²) in [7, 11) is 5.17. The van der Waals surface area contributed by atoms with Crippen LogP contribution < -0.4 is 29.9 Å². The fraction of sp³-hybridized carbons (Fsp3) is 0.429. The van der Waals surface area contributed by atoms with Crippen molar-refractivity contribution in [2.45, 2.75) is 31.6 Å². The summed E-state index contributed by atoms with van der Waals surface area (Å²) in [5.41, 5.74) is 2.34. The number of likely N-dealkylation sites (tertiary alicyclic amines) is 1. The third-order valence-corrected chi connectivity index (χ3v) is 9.44. The average molecular weight is 710 g/mol. The third-order valence-electron chi connectivity index (χ3n) is 9.44. The Morgan fingerprint density at radius 1 is 1.02 bits per heavy atom. The standard InChI is InChI=1S/C35H42F3N9O4/c1-5-31(48)40-27-18-28(30(51-4)19-29(27)45-16-14-44(15-17-45)24-10-12-43(2)13-11-24)41-33-39-20-23-21-46(22-35(36,37)38)34(49)47(32(23)42-33)25-6-8-26(50-3)9-7-25/h5-9,18-20,24H,1,10-17,21-22H2,2-4H3,(H,40,48)(H,39,41,42). The molecule has 0 unspecified atom stereocenters. The molecule has 2 N–H and O–H groups in total. The van der Waals surface area contributed by atoms with Gasteiger partial charge < -0.3 is 34.8 Å². The molecular weight excluding hydrogens is 667 g/mol. The Morgan fingerprint density at radius 2 is 1.73 bits per heavy atom. The third kappa shape index (κ3) is 8.12. The highest BCUT2D eigenvalue weighted by Crippen LogP contribution is 2.40. The van der Waals surface area contributed by atoms with Crippen LogP contribution in [0.2, 0.25) is 0 Å². The highest BCUT2D eigenvalue weighted by Gasteiger charge is 2.40. The van der Waals surface area contributed by atoms with E-state index < -0.39 is 18.8 Å². The molecule has 0 atom stereocenters. The number of halogens is 3. The molecule has 1 aromatic heterocycles. The summed E-state index contributed by atoms with van der Waals surface area (Å²) >= 11 is 0. The average Bonchev–Trinajstić information content (AvgIpc) is 3.12. The molecule has 6 rings (SSSR count). The lowest BCUT2D eigenvalue weighted by Gasteiger charge is -2.43. The molecule has 0 aliphatic carbocycles. The van der Waals surface area contributed by atoms with E-state index in [0.717, 1.165) is 62.7 Å². The number of carbonyl (C=O) groups is 2. The fourth-order valence-corrected chi connectivity index (χ4v) is 6.76. The number of ether oxygens (including phenoxy) is 2. The van der Waals surface area contributed by atoms with Crippen molar-refractivity contribution >= 4 is 46.5 Å². The number of fused-ring (bicyclic) bond motifs is 1. The summed E-state index contributed by atoms with van der Waals surface area (Å²) in [5.74, 6) is 0.747. The minimum atomic E-state index is -4.61. The zero-order valence-corrected chi connectivity index (χ0v) is 28.9. The highest BCUT2D eigenvalue weighted by molar-refractivity contribution is 6.03. The van der Waals surface area contributed by atoms with Crippen LogP contribution in [0.4, 0.5) is 52.5 Å². The Hall–Kier alpha value is -5.09. The first-order valence-corrected chi connectivity index (χ1v) is 16.7. The Bertz CT molecular complexity index is 1740. The molecule has 3 aliphatic rings. The maximum absolute atomic E-state index is 13.5. The molecule has 2 aromatic carbocycles. The van der Waals surface area contributed by atoms with Gasteiger partial charge in [-0.2, -0.15) is 18.2 Å². The van der Waals surface area contributed by atoms with E-state index in [0.29, 0.717) is 45.1 Å². The van der Waals surface area contributed by atoms with Gasteiger partial charge in [0.15, 0.2) is 5.82 Å². The molecule has 4 heterocycles. The van der Waals surface area contributed by atoms with Gasteiger partial charge in [0.05, 0.1) is 43.5 Å². The van der Waals surface area contributed by atoms with E-state index in [1.165, 1.54) is 26.5 Å². The fourth-order valence-electron chi connectivity index (χ4n) is 6.76. The lowest BCUT2D eigenvalue weighted by molar-refractivity contribution is -0.140. The monoisotopic (exact) mass is 709 g/mol. The van der Waals surface area contributed by atoms with Gasteiger partial charge in [0, 0.05) is 50.0 Å². The van der Waals surface area contributed by atoms with Gasteiger partial charge in [-0.25, -0.2) is 14.7 Å². The SMILES string of the molecule is C=CC(=O)Nc1cc(Nc2ncc3c(n2)N(c2ccc(OC)cc2)C(=O)N(CC(F)(F)F)C3)c(OC)cc1N1CCN(C2CCN(C)CC2)CC1. The van der Waals surface area contributed by atoms with Crippen molar-refractivity contribution in [3.05, 3.63) is 60.8 Å². The first-order valence-electron chi connectivity index (χ1n) is 16.7. The first kappa shape index (κ1) is 35.7. The van der Waals surface area contributed by atoms with Gasteiger partial charge in [-0.1, -0.05) is 6.58 Å². The summed E-state index contributed by atoms with van der Waals surface area (Å²) in [5, 5.41) is 6.05. The number of anilines is 6. The van der Waals surface area contributed by atoms with Gasteiger partial charge in [0.1, 0.15) is 18.0 Å². The molecule has 2 fully saturated rings. The molecule has 0 bridgehead atoms. The van der Waals surface area contributed by atoms with Gasteiger partial charge in [-0.3, -0.25) is 9.69 Å². The van der Waals surface area contributed by atoms with Crippen LogP contribution in [0, 0.1) is 0 Å². The molecule has 51 heavy (non-hydrogen) atoms. The number of alkyl halides is 3. The molecule has 0 saturated carbocycles. The number of amides is 3. The lowest BCUT2D eigenvalue weighted by atomic mass is 10.0. The zero-order valence-electron chi connectivity index (χ0n) is 28.9. The van der Waals surface area contributed by atoms with Crippen molar-refractivity contribution in [3.63, 3.8) is 0 Å². The van der Waals surface area contributed by atoms with Gasteiger partial charge in [-0.15, -0.1) is 0 Å². The Balaban J connectivity index is 1.30. The van der Waals surface area contributed by atoms with Crippen LogP contribution in [-0.4, -0.2) is 116 Å². The predicted molar refractivity (Wildman–Crippen MR) is 188 cm³/mol. The predicted octanol–water partition coefficient (Wildman–Crippen LogP) is 5.21. The number of carbonyl (C=O) groups excluding carboxylic acids is 2. The number of piperidine rings is 1. The number of piperazine rings is 1.